The number of hydrogen-bond acceptors (Lipinski definition) is 26. The Morgan fingerprint density at radius 3 is 1.30 bits per heavy atom. The van der Waals surface area contributed by atoms with Gasteiger partial charge in [-0.1, -0.05) is 0 Å². The number of pyridine rings is 5. The van der Waals surface area contributed by atoms with Crippen LogP contribution >= 0.6 is 105 Å². The van der Waals surface area contributed by atoms with E-state index in [2.05, 4.69) is 137 Å². The van der Waals surface area contributed by atoms with E-state index in [1.165, 1.54) is 6.20 Å². The van der Waals surface area contributed by atoms with E-state index in [0.717, 1.165) is 64.8 Å². The standard InChI is InChI=1S/C23H23BrIN3O5.C23H23N3O5.C12H19IN2O2.C11H5BrClNO3.C11H6BrNO4/c1-27(2)5-6-28(17-10-19(31-4)18(30-3)8-15(17)25)23(29)22-13-7-20-21(33-12-32-20)9-16(13)26-11-14(22)24;1-25(2)5-6-26-17-10-19(29-4)18(28-3)7-13(17)15-11-24-16-9-21-20(30-12-31-21)8-14(16)22(15)23(26)27;1-15(2)6-5-14-10-8-12(17-4)11(16-3)7-9(10)13;12-6-3-14-7-2-9-8(16-4-17-9)1-5(7)10(6)11(13)15;12-6-3-13-7-2-9-8(16-4-17-9)1-5(7)10(6)11(14)15/h7-11H,5-6,12H2,1-4H3;7-11H,5-6,12H2,1-4H3;7-8,14H,5-6H2,1-4H3;1-3H,4H2;1-3H,4H2,(H,14,15). The third kappa shape index (κ3) is 18.6. The van der Waals surface area contributed by atoms with Crippen LogP contribution in [0.4, 0.5) is 11.4 Å². The van der Waals surface area contributed by atoms with Crippen LogP contribution in [0.25, 0.3) is 65.3 Å². The number of nitrogens with one attached hydrogen (secondary N) is 1. The molecule has 4 aliphatic rings. The van der Waals surface area contributed by atoms with Crippen LogP contribution in [0.5, 0.6) is 80.5 Å². The van der Waals surface area contributed by atoms with Crippen molar-refractivity contribution in [1.82, 2.24) is 39.2 Å². The van der Waals surface area contributed by atoms with Gasteiger partial charge in [0.25, 0.3) is 16.7 Å². The Labute approximate surface area is 716 Å². The van der Waals surface area contributed by atoms with Gasteiger partial charge >= 0.3 is 5.97 Å². The number of halogens is 6. The smallest absolute Gasteiger partial charge is 0.337 e. The fourth-order valence-electron chi connectivity index (χ4n) is 12.6. The highest BCUT2D eigenvalue weighted by Gasteiger charge is 2.30. The largest absolute Gasteiger partial charge is 0.493 e. The number of benzene rings is 7. The van der Waals surface area contributed by atoms with Crippen LogP contribution in [-0.4, -0.2) is 206 Å². The van der Waals surface area contributed by atoms with Crippen LogP contribution in [0, 0.1) is 7.14 Å². The second-order valence-electron chi connectivity index (χ2n) is 26.3. The number of fused-ring (bicyclic) bond motifs is 12. The molecule has 0 radical (unpaired) electrons. The second-order valence-corrected chi connectivity index (χ2v) is 31.5. The molecule has 12 aromatic rings. The van der Waals surface area contributed by atoms with Crippen molar-refractivity contribution in [2.24, 2.45) is 0 Å². The highest BCUT2D eigenvalue weighted by Crippen LogP contribution is 2.45. The molecule has 9 heterocycles. The normalized spacial score (nSPS) is 12.4. The summed E-state index contributed by atoms with van der Waals surface area (Å²) in [7, 11) is 21.7. The van der Waals surface area contributed by atoms with Crippen LogP contribution in [0.3, 0.4) is 0 Å². The molecule has 2 N–H and O–H groups in total. The minimum atomic E-state index is -1.01. The molecule has 16 rings (SSSR count). The highest BCUT2D eigenvalue weighted by atomic mass is 127. The monoisotopic (exact) mass is 2010 g/mol. The van der Waals surface area contributed by atoms with Crippen LogP contribution in [0.15, 0.2) is 128 Å². The number of aromatic nitrogens is 5. The molecule has 0 atom stereocenters. The molecule has 7 aromatic carbocycles. The lowest BCUT2D eigenvalue weighted by Crippen LogP contribution is -2.37. The summed E-state index contributed by atoms with van der Waals surface area (Å²) in [6.45, 7) is 4.91. The van der Waals surface area contributed by atoms with Gasteiger partial charge in [0.15, 0.2) is 80.5 Å². The van der Waals surface area contributed by atoms with Crippen molar-refractivity contribution in [3.63, 3.8) is 0 Å². The van der Waals surface area contributed by atoms with Crippen LogP contribution in [0.2, 0.25) is 0 Å². The van der Waals surface area contributed by atoms with Crippen molar-refractivity contribution in [2.75, 3.05) is 155 Å². The van der Waals surface area contributed by atoms with Crippen LogP contribution < -0.4 is 82.1 Å². The molecule has 0 saturated carbocycles. The predicted octanol–water partition coefficient (Wildman–Crippen LogP) is 15.4. The summed E-state index contributed by atoms with van der Waals surface area (Å²) in [5, 5.41) is 16.8. The van der Waals surface area contributed by atoms with Crippen molar-refractivity contribution >= 4 is 198 Å². The third-order valence-electron chi connectivity index (χ3n) is 18.4. The molecule has 0 saturated heterocycles. The summed E-state index contributed by atoms with van der Waals surface area (Å²) in [6.07, 6.45) is 6.39. The number of carbonyl (C=O) groups is 3. The minimum absolute atomic E-state index is 0.0807. The average Bonchev–Trinajstić information content (AvgIpc) is 1.12. The minimum Gasteiger partial charge on any atom is -0.493 e. The summed E-state index contributed by atoms with van der Waals surface area (Å²) in [5.41, 5.74) is 6.11. The molecular formula is C80H76Br3ClI2N10O19. The summed E-state index contributed by atoms with van der Waals surface area (Å²) < 4.78 is 80.9. The first-order valence-electron chi connectivity index (χ1n) is 35.0. The maximum Gasteiger partial charge on any atom is 0.337 e. The van der Waals surface area contributed by atoms with E-state index < -0.39 is 11.2 Å². The number of anilines is 2. The third-order valence-corrected chi connectivity index (χ3v) is 22.1. The van der Waals surface area contributed by atoms with Gasteiger partial charge in [-0.2, -0.15) is 0 Å². The first-order chi connectivity index (χ1) is 55.3. The molecule has 0 fully saturated rings. The molecule has 602 valence electrons. The van der Waals surface area contributed by atoms with Gasteiger partial charge < -0.3 is 101 Å². The SMILES string of the molecule is COc1cc(I)c(N(CCN(C)C)C(=O)c2c(Br)cnc3cc4c(cc23)OCO4)cc1OC.COc1cc(I)c(NCCN(C)C)cc1OC.COc1cc2c3cnc4cc5c(cc4c3c(=O)n(CCN(C)C)c2cc1OC)OCO5.O=C(Cl)c1c(Br)cnc2cc3c(cc12)OCO3.O=C(O)c1c(Br)cnc2cc3c(cc12)OCO3. The number of carbonyl (C=O) groups excluding carboxylic acids is 2. The fourth-order valence-corrected chi connectivity index (χ4v) is 15.8. The van der Waals surface area contributed by atoms with Crippen LogP contribution in [-0.2, 0) is 6.54 Å². The van der Waals surface area contributed by atoms with Gasteiger partial charge in [0.2, 0.25) is 27.2 Å². The number of rotatable bonds is 20. The Balaban J connectivity index is 0.000000137. The van der Waals surface area contributed by atoms with Gasteiger partial charge in [0.05, 0.1) is 108 Å². The topological polar surface area (TPSA) is 299 Å². The number of carboxylic acid groups (broad SMARTS) is 1. The molecule has 0 aliphatic carbocycles. The van der Waals surface area contributed by atoms with Crippen molar-refractivity contribution in [3.8, 4) is 80.5 Å². The lowest BCUT2D eigenvalue weighted by Gasteiger charge is -2.27. The Morgan fingerprint density at radius 1 is 0.461 bits per heavy atom. The molecule has 0 bridgehead atoms. The van der Waals surface area contributed by atoms with E-state index in [4.69, 9.17) is 77.9 Å². The fraction of sp³-hybridized carbons (Fsp3) is 0.275. The number of hydrogen-bond donors (Lipinski definition) is 2. The molecule has 0 spiro atoms. The van der Waals surface area contributed by atoms with Gasteiger partial charge in [-0.05, 0) is 189 Å². The number of ether oxygens (including phenoxy) is 14. The zero-order chi connectivity index (χ0) is 82.2. The summed E-state index contributed by atoms with van der Waals surface area (Å²) in [6, 6.07) is 25.4. The number of likely N-dealkylation sites (N-methyl/N-ethyl adjacent to an activating group) is 3. The number of methoxy groups -OCH3 is 6. The summed E-state index contributed by atoms with van der Waals surface area (Å²) in [4.78, 5) is 76.0. The Morgan fingerprint density at radius 2 is 0.843 bits per heavy atom. The van der Waals surface area contributed by atoms with Crippen molar-refractivity contribution in [2.45, 2.75) is 6.54 Å². The number of nitrogens with zero attached hydrogens (tertiary/aromatic N) is 9. The second kappa shape index (κ2) is 37.5. The molecular weight excluding hydrogens is 1930 g/mol. The molecule has 5 aromatic heterocycles. The Hall–Kier alpha value is -9.67. The summed E-state index contributed by atoms with van der Waals surface area (Å²) >= 11 is 20.1. The summed E-state index contributed by atoms with van der Waals surface area (Å²) in [5.74, 6) is 7.48. The van der Waals surface area contributed by atoms with Crippen molar-refractivity contribution in [3.05, 3.63) is 157 Å². The first kappa shape index (κ1) is 84.7. The molecule has 0 unspecified atom stereocenters. The zero-order valence-electron chi connectivity index (χ0n) is 64.1. The van der Waals surface area contributed by atoms with E-state index in [9.17, 15) is 24.3 Å². The Bertz CT molecular complexity index is 5720. The molecule has 4 aliphatic heterocycles. The van der Waals surface area contributed by atoms with Crippen molar-refractivity contribution in [1.29, 1.82) is 0 Å². The van der Waals surface area contributed by atoms with Crippen LogP contribution in [0.1, 0.15) is 31.1 Å². The van der Waals surface area contributed by atoms with E-state index in [-0.39, 0.29) is 44.2 Å². The average molecular weight is 2010 g/mol. The molecule has 115 heavy (non-hydrogen) atoms. The van der Waals surface area contributed by atoms with Gasteiger partial charge in [-0.15, -0.1) is 0 Å². The van der Waals surface area contributed by atoms with Crippen molar-refractivity contribution < 1.29 is 85.8 Å². The predicted molar refractivity (Wildman–Crippen MR) is 464 cm³/mol. The lowest BCUT2D eigenvalue weighted by atomic mass is 10.0. The van der Waals surface area contributed by atoms with E-state index in [1.54, 1.807) is 101 Å². The van der Waals surface area contributed by atoms with E-state index in [1.807, 2.05) is 92.6 Å². The number of aromatic carboxylic acids is 1. The lowest BCUT2D eigenvalue weighted by molar-refractivity contribution is 0.0697. The molecule has 29 nitrogen and oxygen atoms in total. The molecule has 35 heteroatoms. The maximum absolute atomic E-state index is 14.1. The number of amides is 1. The zero-order valence-corrected chi connectivity index (χ0v) is 73.9. The quantitative estimate of drug-likeness (QED) is 0.0407. The molecule has 1 amide bonds. The Kier molecular flexibility index (Phi) is 27.6. The van der Waals surface area contributed by atoms with Gasteiger partial charge in [0.1, 0.15) is 0 Å². The maximum atomic E-state index is 14.1. The van der Waals surface area contributed by atoms with E-state index >= 15 is 0 Å². The first-order valence-corrected chi connectivity index (χ1v) is 39.9. The number of carboxylic acids is 1. The van der Waals surface area contributed by atoms with Gasteiger partial charge in [0, 0.05) is 155 Å². The van der Waals surface area contributed by atoms with E-state index in [0.29, 0.717) is 163 Å². The highest BCUT2D eigenvalue weighted by molar-refractivity contribution is 14.1. The van der Waals surface area contributed by atoms with Gasteiger partial charge in [-0.3, -0.25) is 34.3 Å². The van der Waals surface area contributed by atoms with Gasteiger partial charge in [-0.25, -0.2) is 4.79 Å².